The van der Waals surface area contributed by atoms with Crippen molar-refractivity contribution >= 4 is 23.4 Å². The van der Waals surface area contributed by atoms with Crippen LogP contribution in [0.2, 0.25) is 0 Å². The predicted molar refractivity (Wildman–Crippen MR) is 132 cm³/mol. The van der Waals surface area contributed by atoms with Crippen LogP contribution in [-0.2, 0) is 20.9 Å². The van der Waals surface area contributed by atoms with E-state index in [-0.39, 0.29) is 30.0 Å². The van der Waals surface area contributed by atoms with Gasteiger partial charge in [-0.1, -0.05) is 17.9 Å². The minimum Gasteiger partial charge on any atom is -0.872 e. The minimum atomic E-state index is -0.914. The number of rotatable bonds is 8. The van der Waals surface area contributed by atoms with Gasteiger partial charge in [-0.25, -0.2) is 9.78 Å². The van der Waals surface area contributed by atoms with Crippen molar-refractivity contribution in [3.63, 3.8) is 0 Å². The van der Waals surface area contributed by atoms with Gasteiger partial charge in [0.05, 0.1) is 25.8 Å². The van der Waals surface area contributed by atoms with E-state index in [0.29, 0.717) is 29.2 Å². The number of nitrogens with zero attached hydrogens (tertiary/aromatic N) is 1. The number of Topliss-reactive ketones (excluding diaryl/α,β-unsaturated/α-hetero) is 1. The number of H-pyrrole nitrogens is 2. The van der Waals surface area contributed by atoms with Crippen LogP contribution in [0.3, 0.4) is 0 Å². The first-order chi connectivity index (χ1) is 17.8. The lowest BCUT2D eigenvalue weighted by molar-refractivity contribution is -0.378. The molecule has 2 N–H and O–H groups in total. The lowest BCUT2D eigenvalue weighted by atomic mass is 9.94. The molecular weight excluding hydrogens is 474 g/mol. The van der Waals surface area contributed by atoms with Crippen molar-refractivity contribution in [3.05, 3.63) is 88.0 Å². The van der Waals surface area contributed by atoms with Crippen molar-refractivity contribution < 1.29 is 33.9 Å². The van der Waals surface area contributed by atoms with Crippen LogP contribution in [0.1, 0.15) is 58.3 Å². The molecule has 1 saturated heterocycles. The van der Waals surface area contributed by atoms with E-state index in [2.05, 4.69) is 9.97 Å². The number of likely N-dealkylation sites (tertiary alicyclic amines) is 1. The molecule has 1 aliphatic rings. The lowest BCUT2D eigenvalue weighted by Crippen LogP contribution is -2.29. The first-order valence-electron chi connectivity index (χ1n) is 12.1. The number of amides is 1. The Kier molecular flexibility index (Phi) is 7.42. The van der Waals surface area contributed by atoms with E-state index in [0.717, 1.165) is 5.56 Å². The highest BCUT2D eigenvalue weighted by atomic mass is 16.5. The highest BCUT2D eigenvalue weighted by molar-refractivity contribution is 6.46. The van der Waals surface area contributed by atoms with Crippen molar-refractivity contribution in [3.8, 4) is 5.75 Å². The van der Waals surface area contributed by atoms with Crippen LogP contribution in [0.4, 0.5) is 0 Å². The van der Waals surface area contributed by atoms with E-state index in [9.17, 15) is 19.5 Å². The molecule has 1 aromatic carbocycles. The number of ketones is 1. The normalized spacial score (nSPS) is 16.8. The molecule has 1 unspecified atom stereocenters. The number of nitrogens with one attached hydrogen (secondary N) is 2. The van der Waals surface area contributed by atoms with Gasteiger partial charge < -0.3 is 24.5 Å². The van der Waals surface area contributed by atoms with Crippen LogP contribution < -0.4 is 14.8 Å². The summed E-state index contributed by atoms with van der Waals surface area (Å²) < 4.78 is 10.6. The van der Waals surface area contributed by atoms with Gasteiger partial charge in [-0.3, -0.25) is 9.59 Å². The van der Waals surface area contributed by atoms with Crippen molar-refractivity contribution in [1.82, 2.24) is 9.88 Å². The Balaban J connectivity index is 1.87. The maximum atomic E-state index is 13.9. The summed E-state index contributed by atoms with van der Waals surface area (Å²) in [7, 11) is 0. The Bertz CT molecular complexity index is 1360. The highest BCUT2D eigenvalue weighted by Crippen LogP contribution is 2.41. The smallest absolute Gasteiger partial charge is 0.355 e. The van der Waals surface area contributed by atoms with Crippen molar-refractivity contribution in [1.29, 1.82) is 0 Å². The standard InChI is InChI=1S/C28H29N3O6/c1-5-36-20-11-9-19(10-12-20)24-22(26(33)27(34)31(24)15-18-8-7-13-29-14-18)25(32)21-16(3)23(30-17(21)4)28(35)37-6-2/h7-14,24,30,32H,5-6,15H2,1-4H3/b25-22+. The summed E-state index contributed by atoms with van der Waals surface area (Å²) in [5, 5.41) is 13.9. The number of carbonyl (C=O) groups is 3. The molecule has 0 bridgehead atoms. The molecule has 0 spiro atoms. The summed E-state index contributed by atoms with van der Waals surface area (Å²) in [6, 6.07) is 9.70. The van der Waals surface area contributed by atoms with E-state index in [1.54, 1.807) is 63.5 Å². The number of hydrogen-bond acceptors (Lipinski definition) is 6. The molecule has 0 radical (unpaired) electrons. The van der Waals surface area contributed by atoms with E-state index in [1.165, 1.54) is 4.90 Å². The van der Waals surface area contributed by atoms with Crippen LogP contribution in [0.15, 0.2) is 54.4 Å². The average Bonchev–Trinajstić information content (AvgIpc) is 3.32. The number of benzene rings is 1. The maximum Gasteiger partial charge on any atom is 0.355 e. The van der Waals surface area contributed by atoms with Crippen LogP contribution >= 0.6 is 0 Å². The third-order valence-corrected chi connectivity index (χ3v) is 6.30. The summed E-state index contributed by atoms with van der Waals surface area (Å²) in [6.45, 7) is 7.61. The molecule has 37 heavy (non-hydrogen) atoms. The van der Waals surface area contributed by atoms with Gasteiger partial charge in [0.2, 0.25) is 5.78 Å². The highest BCUT2D eigenvalue weighted by Gasteiger charge is 2.44. The fraction of sp³-hybridized carbons (Fsp3) is 0.286. The molecule has 3 aromatic rings. The third kappa shape index (κ3) is 4.84. The monoisotopic (exact) mass is 503 g/mol. The van der Waals surface area contributed by atoms with Gasteiger partial charge in [0.15, 0.2) is 12.4 Å². The zero-order valence-corrected chi connectivity index (χ0v) is 21.2. The second kappa shape index (κ2) is 10.7. The van der Waals surface area contributed by atoms with Gasteiger partial charge in [0, 0.05) is 22.9 Å². The molecule has 0 saturated carbocycles. The summed E-state index contributed by atoms with van der Waals surface area (Å²) in [5.74, 6) is -2.17. The van der Waals surface area contributed by atoms with E-state index >= 15 is 0 Å². The summed E-state index contributed by atoms with van der Waals surface area (Å²) in [5.41, 5.74) is 2.33. The Morgan fingerprint density at radius 1 is 1.11 bits per heavy atom. The molecule has 0 aliphatic carbocycles. The zero-order chi connectivity index (χ0) is 26.7. The summed E-state index contributed by atoms with van der Waals surface area (Å²) in [4.78, 5) is 46.3. The molecule has 2 aromatic heterocycles. The fourth-order valence-corrected chi connectivity index (χ4v) is 4.65. The number of aromatic nitrogens is 2. The van der Waals surface area contributed by atoms with Crippen molar-refractivity contribution in [2.45, 2.75) is 40.3 Å². The number of pyridine rings is 1. The van der Waals surface area contributed by atoms with Gasteiger partial charge in [0.25, 0.3) is 5.91 Å². The van der Waals surface area contributed by atoms with Crippen LogP contribution in [0, 0.1) is 13.8 Å². The van der Waals surface area contributed by atoms with Gasteiger partial charge in [-0.05, 0) is 62.6 Å². The first-order valence-corrected chi connectivity index (χ1v) is 12.1. The Hall–Kier alpha value is -4.40. The quantitative estimate of drug-likeness (QED) is 0.218. The Morgan fingerprint density at radius 2 is 1.84 bits per heavy atom. The molecule has 192 valence electrons. The largest absolute Gasteiger partial charge is 0.872 e. The molecule has 4 rings (SSSR count). The van der Waals surface area contributed by atoms with E-state index < -0.39 is 29.5 Å². The molecule has 1 atom stereocenters. The molecule has 9 nitrogen and oxygen atoms in total. The molecule has 3 heterocycles. The number of aryl methyl sites for hydroxylation is 1. The second-order valence-electron chi connectivity index (χ2n) is 8.67. The van der Waals surface area contributed by atoms with Crippen molar-refractivity contribution in [2.75, 3.05) is 13.2 Å². The van der Waals surface area contributed by atoms with Gasteiger partial charge in [-0.2, -0.15) is 0 Å². The number of hydrogen-bond donors (Lipinski definition) is 1. The molecular formula is C28H29N3O6. The van der Waals surface area contributed by atoms with Gasteiger partial charge in [-0.15, -0.1) is 0 Å². The number of ether oxygens (including phenoxy) is 2. The first kappa shape index (κ1) is 25.7. The van der Waals surface area contributed by atoms with Crippen LogP contribution in [0.5, 0.6) is 5.75 Å². The Labute approximate surface area is 214 Å². The number of aromatic amines is 2. The molecule has 1 fully saturated rings. The van der Waals surface area contributed by atoms with E-state index in [4.69, 9.17) is 9.47 Å². The molecule has 1 amide bonds. The van der Waals surface area contributed by atoms with Crippen LogP contribution in [0.25, 0.3) is 5.76 Å². The second-order valence-corrected chi connectivity index (χ2v) is 8.67. The topological polar surface area (TPSA) is 126 Å². The predicted octanol–water partition coefficient (Wildman–Crippen LogP) is 2.45. The van der Waals surface area contributed by atoms with Gasteiger partial charge in [0.1, 0.15) is 11.4 Å². The van der Waals surface area contributed by atoms with Crippen molar-refractivity contribution in [2.24, 2.45) is 0 Å². The SMILES string of the molecule is CCOC(=O)c1[nH]c(C)c(/C([O-])=C2\C(=O)C(=O)N(Cc3ccc[nH+]c3)C2c2ccc(OCC)cc2)c1C. The number of carbonyl (C=O) groups excluding carboxylic acids is 3. The van der Waals surface area contributed by atoms with Crippen LogP contribution in [-0.4, -0.2) is 40.8 Å². The van der Waals surface area contributed by atoms with Gasteiger partial charge >= 0.3 is 5.97 Å². The lowest BCUT2D eigenvalue weighted by Gasteiger charge is -2.27. The van der Waals surface area contributed by atoms with E-state index in [1.807, 2.05) is 13.0 Å². The average molecular weight is 504 g/mol. The summed E-state index contributed by atoms with van der Waals surface area (Å²) in [6.07, 6.45) is 3.48. The zero-order valence-electron chi connectivity index (χ0n) is 21.2. The maximum absolute atomic E-state index is 13.9. The fourth-order valence-electron chi connectivity index (χ4n) is 4.65. The third-order valence-electron chi connectivity index (χ3n) is 6.30. The minimum absolute atomic E-state index is 0.121. The number of esters is 1. The summed E-state index contributed by atoms with van der Waals surface area (Å²) >= 11 is 0. The Morgan fingerprint density at radius 3 is 2.46 bits per heavy atom. The molecule has 9 heteroatoms. The molecule has 1 aliphatic heterocycles.